The van der Waals surface area contributed by atoms with E-state index >= 15 is 0 Å². The number of carboxylic acid groups (broad SMARTS) is 1. The van der Waals surface area contributed by atoms with Crippen LogP contribution in [-0.2, 0) is 11.3 Å². The summed E-state index contributed by atoms with van der Waals surface area (Å²) in [7, 11) is 0. The normalized spacial score (nSPS) is 21.5. The number of carboxylic acids is 1. The zero-order valence-corrected chi connectivity index (χ0v) is 11.7. The number of aliphatic hydroxyl groups is 1. The minimum atomic E-state index is -1.08. The number of likely N-dealkylation sites (tertiary alicyclic amines) is 1. The monoisotopic (exact) mass is 296 g/mol. The number of hydrogen-bond acceptors (Lipinski definition) is 4. The Balaban J connectivity index is 1.68. The molecule has 1 aliphatic heterocycles. The molecule has 116 valence electrons. The summed E-state index contributed by atoms with van der Waals surface area (Å²) in [6.45, 7) is 1.38. The molecule has 1 aromatic rings. The summed E-state index contributed by atoms with van der Waals surface area (Å²) in [4.78, 5) is 28.1. The van der Waals surface area contributed by atoms with Gasteiger partial charge in [0.15, 0.2) is 0 Å². The second-order valence-corrected chi connectivity index (χ2v) is 5.14. The van der Waals surface area contributed by atoms with Crippen LogP contribution in [0.2, 0.25) is 0 Å². The van der Waals surface area contributed by atoms with E-state index in [0.717, 1.165) is 19.4 Å². The van der Waals surface area contributed by atoms with Crippen LogP contribution in [-0.4, -0.2) is 61.9 Å². The third kappa shape index (κ3) is 4.19. The van der Waals surface area contributed by atoms with Gasteiger partial charge in [-0.15, -0.1) is 0 Å². The lowest BCUT2D eigenvalue weighted by Crippen LogP contribution is -2.46. The van der Waals surface area contributed by atoms with Gasteiger partial charge in [0.1, 0.15) is 6.04 Å². The molecule has 0 aliphatic carbocycles. The van der Waals surface area contributed by atoms with Gasteiger partial charge in [0.05, 0.1) is 12.4 Å². The van der Waals surface area contributed by atoms with Crippen LogP contribution >= 0.6 is 0 Å². The summed E-state index contributed by atoms with van der Waals surface area (Å²) in [6.07, 6.45) is 6.33. The fraction of sp³-hybridized carbons (Fsp3) is 0.615. The number of aromatic nitrogens is 2. The van der Waals surface area contributed by atoms with Gasteiger partial charge in [-0.25, -0.2) is 14.6 Å². The quantitative estimate of drug-likeness (QED) is 0.635. The van der Waals surface area contributed by atoms with Gasteiger partial charge in [-0.2, -0.15) is 0 Å². The molecule has 1 aromatic heterocycles. The van der Waals surface area contributed by atoms with Crippen LogP contribution in [0, 0.1) is 0 Å². The van der Waals surface area contributed by atoms with Gasteiger partial charge in [0.25, 0.3) is 0 Å². The first-order valence-electron chi connectivity index (χ1n) is 6.99. The smallest absolute Gasteiger partial charge is 0.326 e. The van der Waals surface area contributed by atoms with E-state index < -0.39 is 24.1 Å². The SMILES string of the molecule is O=C(O)[C@@H]1C[C@@H](O)CN1C(=O)NCCCCn1ccnc1. The number of imidazole rings is 1. The number of carbonyl (C=O) groups excluding carboxylic acids is 1. The molecule has 0 saturated carbocycles. The summed E-state index contributed by atoms with van der Waals surface area (Å²) >= 11 is 0. The number of hydrogen-bond donors (Lipinski definition) is 3. The van der Waals surface area contributed by atoms with Gasteiger partial charge in [-0.1, -0.05) is 0 Å². The number of rotatable bonds is 6. The van der Waals surface area contributed by atoms with Gasteiger partial charge in [0.2, 0.25) is 0 Å². The molecule has 2 heterocycles. The molecule has 8 heteroatoms. The van der Waals surface area contributed by atoms with E-state index in [2.05, 4.69) is 10.3 Å². The maximum atomic E-state index is 11.9. The van der Waals surface area contributed by atoms with E-state index in [9.17, 15) is 14.7 Å². The van der Waals surface area contributed by atoms with Gasteiger partial charge in [-0.3, -0.25) is 0 Å². The topological polar surface area (TPSA) is 108 Å². The third-order valence-corrected chi connectivity index (χ3v) is 3.50. The largest absolute Gasteiger partial charge is 0.480 e. The number of β-amino-alcohol motifs (C(OH)–C–C–N with tert-alkyl or cyclic N) is 1. The van der Waals surface area contributed by atoms with Crippen LogP contribution in [0.15, 0.2) is 18.7 Å². The maximum absolute atomic E-state index is 11.9. The maximum Gasteiger partial charge on any atom is 0.326 e. The Hall–Kier alpha value is -2.09. The van der Waals surface area contributed by atoms with Crippen molar-refractivity contribution < 1.29 is 19.8 Å². The Kier molecular flexibility index (Phi) is 5.15. The Labute approximate surface area is 122 Å². The molecule has 0 unspecified atom stereocenters. The van der Waals surface area contributed by atoms with Crippen molar-refractivity contribution in [3.8, 4) is 0 Å². The summed E-state index contributed by atoms with van der Waals surface area (Å²) in [5, 5.41) is 21.2. The first-order valence-corrected chi connectivity index (χ1v) is 6.99. The molecule has 2 rings (SSSR count). The molecule has 0 spiro atoms. The van der Waals surface area contributed by atoms with Gasteiger partial charge >= 0.3 is 12.0 Å². The Morgan fingerprint density at radius 2 is 2.19 bits per heavy atom. The van der Waals surface area contributed by atoms with Gasteiger partial charge in [-0.05, 0) is 12.8 Å². The van der Waals surface area contributed by atoms with Crippen LogP contribution in [0.5, 0.6) is 0 Å². The average Bonchev–Trinajstić information content (AvgIpc) is 3.07. The Bertz CT molecular complexity index is 477. The number of aliphatic carboxylic acids is 1. The lowest BCUT2D eigenvalue weighted by molar-refractivity contribution is -0.141. The molecule has 1 saturated heterocycles. The molecule has 1 aliphatic rings. The molecular weight excluding hydrogens is 276 g/mol. The fourth-order valence-corrected chi connectivity index (χ4v) is 2.41. The first kappa shape index (κ1) is 15.3. The molecule has 8 nitrogen and oxygen atoms in total. The van der Waals surface area contributed by atoms with Crippen molar-refractivity contribution in [1.82, 2.24) is 19.8 Å². The second-order valence-electron chi connectivity index (χ2n) is 5.14. The molecule has 21 heavy (non-hydrogen) atoms. The van der Waals surface area contributed by atoms with E-state index in [0.29, 0.717) is 6.54 Å². The standard InChI is InChI=1S/C13H20N4O4/c18-10-7-11(12(19)20)17(8-10)13(21)15-3-1-2-5-16-6-4-14-9-16/h4,6,9-11,18H,1-3,5,7-8H2,(H,15,21)(H,19,20)/t10-,11+/m1/s1. The number of urea groups is 1. The van der Waals surface area contributed by atoms with E-state index in [4.69, 9.17) is 5.11 Å². The van der Waals surface area contributed by atoms with E-state index in [1.165, 1.54) is 4.90 Å². The number of unbranched alkanes of at least 4 members (excludes halogenated alkanes) is 1. The summed E-state index contributed by atoms with van der Waals surface area (Å²) in [5.74, 6) is -1.08. The summed E-state index contributed by atoms with van der Waals surface area (Å²) in [5.41, 5.74) is 0. The number of carbonyl (C=O) groups is 2. The number of amides is 2. The molecule has 0 aromatic carbocycles. The molecule has 2 amide bonds. The van der Waals surface area contributed by atoms with E-state index in [1.54, 1.807) is 12.5 Å². The minimum Gasteiger partial charge on any atom is -0.480 e. The zero-order valence-electron chi connectivity index (χ0n) is 11.7. The van der Waals surface area contributed by atoms with Gasteiger partial charge < -0.3 is 25.0 Å². The van der Waals surface area contributed by atoms with Crippen LogP contribution in [0.3, 0.4) is 0 Å². The van der Waals surface area contributed by atoms with E-state index in [-0.39, 0.29) is 13.0 Å². The lowest BCUT2D eigenvalue weighted by atomic mass is 10.2. The Morgan fingerprint density at radius 1 is 1.38 bits per heavy atom. The number of nitrogens with zero attached hydrogens (tertiary/aromatic N) is 3. The highest BCUT2D eigenvalue weighted by Gasteiger charge is 2.38. The van der Waals surface area contributed by atoms with Gasteiger partial charge in [0, 0.05) is 38.4 Å². The number of aliphatic hydroxyl groups excluding tert-OH is 1. The molecule has 0 bridgehead atoms. The van der Waals surface area contributed by atoms with Crippen molar-refractivity contribution in [2.45, 2.75) is 38.0 Å². The van der Waals surface area contributed by atoms with Crippen molar-refractivity contribution in [3.05, 3.63) is 18.7 Å². The predicted molar refractivity (Wildman–Crippen MR) is 73.6 cm³/mol. The van der Waals surface area contributed by atoms with Crippen LogP contribution in [0.1, 0.15) is 19.3 Å². The van der Waals surface area contributed by atoms with Crippen molar-refractivity contribution in [3.63, 3.8) is 0 Å². The molecule has 3 N–H and O–H groups in total. The van der Waals surface area contributed by atoms with Crippen LogP contribution in [0.25, 0.3) is 0 Å². The fourth-order valence-electron chi connectivity index (χ4n) is 2.41. The molecule has 0 radical (unpaired) electrons. The summed E-state index contributed by atoms with van der Waals surface area (Å²) in [6, 6.07) is -1.37. The third-order valence-electron chi connectivity index (χ3n) is 3.50. The highest BCUT2D eigenvalue weighted by molar-refractivity contribution is 5.83. The Morgan fingerprint density at radius 3 is 2.86 bits per heavy atom. The summed E-state index contributed by atoms with van der Waals surface area (Å²) < 4.78 is 1.96. The highest BCUT2D eigenvalue weighted by Crippen LogP contribution is 2.18. The van der Waals surface area contributed by atoms with Crippen LogP contribution in [0.4, 0.5) is 4.79 Å². The molecule has 2 atom stereocenters. The minimum absolute atomic E-state index is 0.0673. The van der Waals surface area contributed by atoms with Crippen molar-refractivity contribution in [1.29, 1.82) is 0 Å². The molecular formula is C13H20N4O4. The molecule has 1 fully saturated rings. The second kappa shape index (κ2) is 7.07. The predicted octanol–water partition coefficient (Wildman–Crippen LogP) is -0.107. The van der Waals surface area contributed by atoms with E-state index in [1.807, 2.05) is 10.8 Å². The van der Waals surface area contributed by atoms with Crippen molar-refractivity contribution in [2.24, 2.45) is 0 Å². The van der Waals surface area contributed by atoms with Crippen LogP contribution < -0.4 is 5.32 Å². The number of nitrogens with one attached hydrogen (secondary N) is 1. The highest BCUT2D eigenvalue weighted by atomic mass is 16.4. The average molecular weight is 296 g/mol. The zero-order chi connectivity index (χ0) is 15.2. The van der Waals surface area contributed by atoms with Crippen molar-refractivity contribution in [2.75, 3.05) is 13.1 Å². The first-order chi connectivity index (χ1) is 10.1. The van der Waals surface area contributed by atoms with Crippen molar-refractivity contribution >= 4 is 12.0 Å². The lowest BCUT2D eigenvalue weighted by Gasteiger charge is -2.21. The number of aryl methyl sites for hydroxylation is 1.